The van der Waals surface area contributed by atoms with Gasteiger partial charge in [-0.2, -0.15) is 0 Å². The molecule has 1 aromatic rings. The number of nitrogen functional groups attached to an aromatic ring is 1. The van der Waals surface area contributed by atoms with Gasteiger partial charge < -0.3 is 15.8 Å². The first kappa shape index (κ1) is 13.8. The normalized spacial score (nSPS) is 11.1. The number of carbonyl (C=O) groups is 1. The molecule has 1 aromatic carbocycles. The van der Waals surface area contributed by atoms with Crippen molar-refractivity contribution in [2.45, 2.75) is 26.3 Å². The molecule has 1 rings (SSSR count). The molecular weight excluding hydrogens is 291 g/mol. The maximum absolute atomic E-state index is 13.4. The molecule has 0 saturated carbocycles. The Balaban J connectivity index is 2.82. The SMILES string of the molecule is CC(C)(C)NC(=O)Oc1cc(N)c(Br)cc1F. The van der Waals surface area contributed by atoms with Crippen LogP contribution in [0, 0.1) is 5.82 Å². The van der Waals surface area contributed by atoms with Crippen molar-refractivity contribution in [3.8, 4) is 5.75 Å². The molecule has 0 fully saturated rings. The van der Waals surface area contributed by atoms with Crippen molar-refractivity contribution in [1.82, 2.24) is 5.32 Å². The average Bonchev–Trinajstić information content (AvgIpc) is 2.11. The van der Waals surface area contributed by atoms with Crippen molar-refractivity contribution < 1.29 is 13.9 Å². The molecule has 1 amide bonds. The van der Waals surface area contributed by atoms with Crippen LogP contribution in [0.5, 0.6) is 5.75 Å². The third-order valence-corrected chi connectivity index (χ3v) is 2.42. The van der Waals surface area contributed by atoms with Gasteiger partial charge in [-0.05, 0) is 42.8 Å². The summed E-state index contributed by atoms with van der Waals surface area (Å²) in [6.45, 7) is 5.38. The lowest BCUT2D eigenvalue weighted by molar-refractivity contribution is 0.188. The molecular formula is C11H14BrFN2O2. The number of ether oxygens (including phenoxy) is 1. The van der Waals surface area contributed by atoms with E-state index < -0.39 is 17.4 Å². The van der Waals surface area contributed by atoms with Crippen LogP contribution in [0.3, 0.4) is 0 Å². The number of hydrogen-bond donors (Lipinski definition) is 2. The van der Waals surface area contributed by atoms with Gasteiger partial charge in [0.25, 0.3) is 0 Å². The average molecular weight is 305 g/mol. The molecule has 0 aromatic heterocycles. The number of hydrogen-bond acceptors (Lipinski definition) is 3. The number of anilines is 1. The minimum atomic E-state index is -0.724. The highest BCUT2D eigenvalue weighted by Crippen LogP contribution is 2.28. The summed E-state index contributed by atoms with van der Waals surface area (Å²) in [7, 11) is 0. The van der Waals surface area contributed by atoms with E-state index in [0.717, 1.165) is 6.07 Å². The predicted molar refractivity (Wildman–Crippen MR) is 67.4 cm³/mol. The number of carbonyl (C=O) groups excluding carboxylic acids is 1. The molecule has 0 aliphatic rings. The fraction of sp³-hybridized carbons (Fsp3) is 0.364. The summed E-state index contributed by atoms with van der Waals surface area (Å²) in [6.07, 6.45) is -0.724. The monoisotopic (exact) mass is 304 g/mol. The number of halogens is 2. The van der Waals surface area contributed by atoms with E-state index in [2.05, 4.69) is 21.2 Å². The molecule has 0 spiro atoms. The van der Waals surface area contributed by atoms with E-state index in [9.17, 15) is 9.18 Å². The highest BCUT2D eigenvalue weighted by molar-refractivity contribution is 9.10. The maximum atomic E-state index is 13.4. The van der Waals surface area contributed by atoms with Gasteiger partial charge in [-0.1, -0.05) is 0 Å². The van der Waals surface area contributed by atoms with Gasteiger partial charge in [0.05, 0.1) is 0 Å². The predicted octanol–water partition coefficient (Wildman–Crippen LogP) is 3.06. The Labute approximate surface area is 107 Å². The van der Waals surface area contributed by atoms with Crippen LogP contribution in [0.15, 0.2) is 16.6 Å². The van der Waals surface area contributed by atoms with Gasteiger partial charge in [0.2, 0.25) is 0 Å². The van der Waals surface area contributed by atoms with Crippen LogP contribution < -0.4 is 15.8 Å². The van der Waals surface area contributed by atoms with Crippen LogP contribution in [-0.2, 0) is 0 Å². The fourth-order valence-corrected chi connectivity index (χ4v) is 1.37. The molecule has 4 nitrogen and oxygen atoms in total. The minimum Gasteiger partial charge on any atom is -0.407 e. The van der Waals surface area contributed by atoms with Gasteiger partial charge in [-0.3, -0.25) is 0 Å². The van der Waals surface area contributed by atoms with E-state index in [-0.39, 0.29) is 5.75 Å². The highest BCUT2D eigenvalue weighted by atomic mass is 79.9. The lowest BCUT2D eigenvalue weighted by Crippen LogP contribution is -2.42. The number of nitrogens with two attached hydrogens (primary N) is 1. The van der Waals surface area contributed by atoms with Crippen LogP contribution in [-0.4, -0.2) is 11.6 Å². The van der Waals surface area contributed by atoms with E-state index >= 15 is 0 Å². The van der Waals surface area contributed by atoms with Crippen molar-refractivity contribution in [2.75, 3.05) is 5.73 Å². The van der Waals surface area contributed by atoms with Crippen molar-refractivity contribution in [2.24, 2.45) is 0 Å². The van der Waals surface area contributed by atoms with Crippen molar-refractivity contribution in [3.63, 3.8) is 0 Å². The van der Waals surface area contributed by atoms with E-state index in [1.54, 1.807) is 20.8 Å². The third kappa shape index (κ3) is 4.22. The quantitative estimate of drug-likeness (QED) is 0.784. The van der Waals surface area contributed by atoms with Gasteiger partial charge in [-0.15, -0.1) is 0 Å². The number of amides is 1. The third-order valence-electron chi connectivity index (χ3n) is 1.73. The number of benzene rings is 1. The summed E-state index contributed by atoms with van der Waals surface area (Å²) in [5.41, 5.74) is 5.41. The molecule has 0 heterocycles. The Morgan fingerprint density at radius 1 is 1.47 bits per heavy atom. The van der Waals surface area contributed by atoms with Crippen LogP contribution >= 0.6 is 15.9 Å². The Kier molecular flexibility index (Phi) is 3.98. The van der Waals surface area contributed by atoms with E-state index in [4.69, 9.17) is 10.5 Å². The van der Waals surface area contributed by atoms with Crippen molar-refractivity contribution in [1.29, 1.82) is 0 Å². The zero-order valence-electron chi connectivity index (χ0n) is 9.80. The van der Waals surface area contributed by atoms with E-state index in [1.807, 2.05) is 0 Å². The summed E-state index contributed by atoms with van der Waals surface area (Å²) in [5.74, 6) is -0.859. The second-order valence-corrected chi connectivity index (χ2v) is 5.42. The van der Waals surface area contributed by atoms with Gasteiger partial charge in [-0.25, -0.2) is 9.18 Å². The lowest BCUT2D eigenvalue weighted by Gasteiger charge is -2.20. The second-order valence-electron chi connectivity index (χ2n) is 4.57. The Hall–Kier alpha value is -1.30. The van der Waals surface area contributed by atoms with Crippen LogP contribution in [0.4, 0.5) is 14.9 Å². The summed E-state index contributed by atoms with van der Waals surface area (Å²) in [4.78, 5) is 11.4. The largest absolute Gasteiger partial charge is 0.413 e. The standard InChI is InChI=1S/C11H14BrFN2O2/c1-11(2,3)15-10(16)17-9-5-8(14)6(12)4-7(9)13/h4-5H,14H2,1-3H3,(H,15,16). The first-order valence-corrected chi connectivity index (χ1v) is 5.73. The molecule has 0 bridgehead atoms. The van der Waals surface area contributed by atoms with E-state index in [1.165, 1.54) is 6.07 Å². The summed E-state index contributed by atoms with van der Waals surface area (Å²) < 4.78 is 18.7. The lowest BCUT2D eigenvalue weighted by atomic mass is 10.1. The highest BCUT2D eigenvalue weighted by Gasteiger charge is 2.17. The second kappa shape index (κ2) is 4.91. The van der Waals surface area contributed by atoms with Crippen molar-refractivity contribution in [3.05, 3.63) is 22.4 Å². The van der Waals surface area contributed by atoms with Gasteiger partial charge in [0.15, 0.2) is 11.6 Å². The Bertz CT molecular complexity index is 444. The van der Waals surface area contributed by atoms with E-state index in [0.29, 0.717) is 10.2 Å². The molecule has 17 heavy (non-hydrogen) atoms. The van der Waals surface area contributed by atoms with Crippen LogP contribution in [0.25, 0.3) is 0 Å². The van der Waals surface area contributed by atoms with Gasteiger partial charge >= 0.3 is 6.09 Å². The molecule has 0 saturated heterocycles. The smallest absolute Gasteiger partial charge is 0.407 e. The summed E-state index contributed by atoms with van der Waals surface area (Å²) >= 11 is 3.07. The minimum absolute atomic E-state index is 0.201. The molecule has 0 unspecified atom stereocenters. The number of rotatable bonds is 1. The van der Waals surface area contributed by atoms with Crippen molar-refractivity contribution >= 4 is 27.7 Å². The topological polar surface area (TPSA) is 64.3 Å². The number of nitrogens with one attached hydrogen (secondary N) is 1. The molecule has 0 aliphatic heterocycles. The molecule has 94 valence electrons. The fourth-order valence-electron chi connectivity index (χ4n) is 1.05. The molecule has 6 heteroatoms. The summed E-state index contributed by atoms with van der Waals surface area (Å²) in [6, 6.07) is 2.40. The first-order chi connectivity index (χ1) is 7.69. The van der Waals surface area contributed by atoms with Gasteiger partial charge in [0.1, 0.15) is 0 Å². The van der Waals surface area contributed by atoms with Gasteiger partial charge in [0, 0.05) is 21.8 Å². The van der Waals surface area contributed by atoms with Crippen LogP contribution in [0.1, 0.15) is 20.8 Å². The zero-order chi connectivity index (χ0) is 13.2. The molecule has 0 atom stereocenters. The summed E-state index contributed by atoms with van der Waals surface area (Å²) in [5, 5.41) is 2.55. The molecule has 0 radical (unpaired) electrons. The molecule has 3 N–H and O–H groups in total. The molecule has 0 aliphatic carbocycles. The Morgan fingerprint density at radius 3 is 2.59 bits per heavy atom. The maximum Gasteiger partial charge on any atom is 0.413 e. The Morgan fingerprint density at radius 2 is 2.06 bits per heavy atom. The first-order valence-electron chi connectivity index (χ1n) is 4.93. The zero-order valence-corrected chi connectivity index (χ0v) is 11.4. The van der Waals surface area contributed by atoms with Crippen LogP contribution in [0.2, 0.25) is 0 Å².